The molecule has 0 bridgehead atoms. The molecule has 0 heterocycles. The van der Waals surface area contributed by atoms with Crippen LogP contribution in [-0.4, -0.2) is 19.3 Å². The SMILES string of the molecule is COC(C(N)Cc1ccc(C)c(C)c1)C1CCCCC1. The van der Waals surface area contributed by atoms with E-state index in [2.05, 4.69) is 32.0 Å². The normalized spacial score (nSPS) is 19.8. The van der Waals surface area contributed by atoms with Gasteiger partial charge < -0.3 is 10.5 Å². The average molecular weight is 275 g/mol. The lowest BCUT2D eigenvalue weighted by Gasteiger charge is -2.33. The molecule has 0 amide bonds. The quantitative estimate of drug-likeness (QED) is 0.888. The maximum absolute atomic E-state index is 6.45. The van der Waals surface area contributed by atoms with Crippen molar-refractivity contribution in [2.24, 2.45) is 11.7 Å². The van der Waals surface area contributed by atoms with Gasteiger partial charge in [-0.3, -0.25) is 0 Å². The minimum atomic E-state index is 0.102. The second-order valence-corrected chi connectivity index (χ2v) is 6.38. The molecule has 2 atom stereocenters. The number of methoxy groups -OCH3 is 1. The summed E-state index contributed by atoms with van der Waals surface area (Å²) in [5.74, 6) is 0.648. The van der Waals surface area contributed by atoms with Crippen molar-refractivity contribution in [1.29, 1.82) is 0 Å². The maximum Gasteiger partial charge on any atom is 0.0753 e. The van der Waals surface area contributed by atoms with Crippen LogP contribution in [0.5, 0.6) is 0 Å². The molecular formula is C18H29NO. The molecule has 1 aromatic rings. The van der Waals surface area contributed by atoms with Gasteiger partial charge in [0.05, 0.1) is 6.10 Å². The molecule has 1 aromatic carbocycles. The minimum absolute atomic E-state index is 0.102. The van der Waals surface area contributed by atoms with Crippen LogP contribution in [0.3, 0.4) is 0 Å². The van der Waals surface area contributed by atoms with Gasteiger partial charge in [-0.2, -0.15) is 0 Å². The van der Waals surface area contributed by atoms with E-state index in [0.717, 1.165) is 6.42 Å². The van der Waals surface area contributed by atoms with Gasteiger partial charge in [-0.1, -0.05) is 37.5 Å². The van der Waals surface area contributed by atoms with E-state index in [0.29, 0.717) is 5.92 Å². The van der Waals surface area contributed by atoms with E-state index in [1.165, 1.54) is 48.8 Å². The smallest absolute Gasteiger partial charge is 0.0753 e. The highest BCUT2D eigenvalue weighted by molar-refractivity contribution is 5.30. The number of rotatable bonds is 5. The van der Waals surface area contributed by atoms with Crippen molar-refractivity contribution in [2.45, 2.75) is 64.5 Å². The Morgan fingerprint density at radius 1 is 1.15 bits per heavy atom. The van der Waals surface area contributed by atoms with Gasteiger partial charge >= 0.3 is 0 Å². The van der Waals surface area contributed by atoms with E-state index in [9.17, 15) is 0 Å². The maximum atomic E-state index is 6.45. The van der Waals surface area contributed by atoms with Crippen molar-refractivity contribution in [3.05, 3.63) is 34.9 Å². The summed E-state index contributed by atoms with van der Waals surface area (Å²) >= 11 is 0. The molecule has 2 rings (SSSR count). The average Bonchev–Trinajstić information content (AvgIpc) is 2.45. The van der Waals surface area contributed by atoms with Crippen molar-refractivity contribution in [2.75, 3.05) is 7.11 Å². The van der Waals surface area contributed by atoms with Crippen LogP contribution in [0.15, 0.2) is 18.2 Å². The third-order valence-electron chi connectivity index (χ3n) is 4.85. The molecule has 0 aromatic heterocycles. The lowest BCUT2D eigenvalue weighted by atomic mass is 9.81. The van der Waals surface area contributed by atoms with E-state index in [4.69, 9.17) is 10.5 Å². The Kier molecular flexibility index (Phi) is 5.62. The van der Waals surface area contributed by atoms with E-state index in [1.54, 1.807) is 0 Å². The number of benzene rings is 1. The summed E-state index contributed by atoms with van der Waals surface area (Å²) in [7, 11) is 1.82. The summed E-state index contributed by atoms with van der Waals surface area (Å²) in [6.45, 7) is 4.32. The molecule has 1 aliphatic carbocycles. The van der Waals surface area contributed by atoms with Gasteiger partial charge in [0.1, 0.15) is 0 Å². The largest absolute Gasteiger partial charge is 0.380 e. The van der Waals surface area contributed by atoms with Crippen molar-refractivity contribution in [3.63, 3.8) is 0 Å². The summed E-state index contributed by atoms with van der Waals surface area (Å²) in [6, 6.07) is 6.77. The third-order valence-corrected chi connectivity index (χ3v) is 4.85. The van der Waals surface area contributed by atoms with Crippen molar-refractivity contribution in [1.82, 2.24) is 0 Å². The highest BCUT2D eigenvalue weighted by Crippen LogP contribution is 2.29. The molecule has 2 N–H and O–H groups in total. The molecule has 20 heavy (non-hydrogen) atoms. The lowest BCUT2D eigenvalue weighted by Crippen LogP contribution is -2.43. The van der Waals surface area contributed by atoms with Crippen LogP contribution >= 0.6 is 0 Å². The lowest BCUT2D eigenvalue weighted by molar-refractivity contribution is 0.0179. The fraction of sp³-hybridized carbons (Fsp3) is 0.667. The fourth-order valence-corrected chi connectivity index (χ4v) is 3.50. The van der Waals surface area contributed by atoms with E-state index in [1.807, 2.05) is 7.11 Å². The van der Waals surface area contributed by atoms with Crippen LogP contribution in [0.4, 0.5) is 0 Å². The monoisotopic (exact) mass is 275 g/mol. The first-order valence-corrected chi connectivity index (χ1v) is 7.96. The minimum Gasteiger partial charge on any atom is -0.380 e. The first-order chi connectivity index (χ1) is 9.61. The molecule has 2 nitrogen and oxygen atoms in total. The van der Waals surface area contributed by atoms with Crippen molar-refractivity contribution < 1.29 is 4.74 Å². The number of hydrogen-bond donors (Lipinski definition) is 1. The third kappa shape index (κ3) is 3.83. The fourth-order valence-electron chi connectivity index (χ4n) is 3.50. The predicted molar refractivity (Wildman–Crippen MR) is 85.0 cm³/mol. The Morgan fingerprint density at radius 2 is 1.85 bits per heavy atom. The van der Waals surface area contributed by atoms with Crippen LogP contribution in [0.1, 0.15) is 48.8 Å². The number of hydrogen-bond acceptors (Lipinski definition) is 2. The van der Waals surface area contributed by atoms with Crippen LogP contribution in [0.25, 0.3) is 0 Å². The molecule has 0 saturated heterocycles. The molecular weight excluding hydrogens is 246 g/mol. The van der Waals surface area contributed by atoms with Gasteiger partial charge in [-0.05, 0) is 55.7 Å². The molecule has 2 heteroatoms. The van der Waals surface area contributed by atoms with Gasteiger partial charge in [0.2, 0.25) is 0 Å². The molecule has 0 aliphatic heterocycles. The second-order valence-electron chi connectivity index (χ2n) is 6.38. The Hall–Kier alpha value is -0.860. The van der Waals surface area contributed by atoms with Crippen LogP contribution in [0, 0.1) is 19.8 Å². The standard InChI is InChI=1S/C18H29NO/c1-13-9-10-15(11-14(13)2)12-17(19)18(20-3)16-7-5-4-6-8-16/h9-11,16-18H,4-8,12,19H2,1-3H3. The zero-order valence-corrected chi connectivity index (χ0v) is 13.2. The zero-order chi connectivity index (χ0) is 14.5. The molecule has 0 radical (unpaired) electrons. The highest BCUT2D eigenvalue weighted by atomic mass is 16.5. The number of ether oxygens (including phenoxy) is 1. The van der Waals surface area contributed by atoms with Crippen molar-refractivity contribution in [3.8, 4) is 0 Å². The van der Waals surface area contributed by atoms with E-state index in [-0.39, 0.29) is 12.1 Å². The van der Waals surface area contributed by atoms with Gasteiger partial charge in [0.15, 0.2) is 0 Å². The summed E-state index contributed by atoms with van der Waals surface area (Å²) in [4.78, 5) is 0. The van der Waals surface area contributed by atoms with Gasteiger partial charge in [0, 0.05) is 13.2 Å². The molecule has 0 spiro atoms. The molecule has 1 fully saturated rings. The molecule has 1 saturated carbocycles. The highest BCUT2D eigenvalue weighted by Gasteiger charge is 2.28. The van der Waals surface area contributed by atoms with E-state index >= 15 is 0 Å². The topological polar surface area (TPSA) is 35.2 Å². The predicted octanol–water partition coefficient (Wildman–Crippen LogP) is 3.77. The second kappa shape index (κ2) is 7.24. The van der Waals surface area contributed by atoms with Crippen molar-refractivity contribution >= 4 is 0 Å². The Bertz CT molecular complexity index is 423. The van der Waals surface area contributed by atoms with Crippen LogP contribution in [0.2, 0.25) is 0 Å². The molecule has 2 unspecified atom stereocenters. The molecule has 112 valence electrons. The first-order valence-electron chi connectivity index (χ1n) is 7.96. The Labute approximate surface area is 123 Å². The number of nitrogens with two attached hydrogens (primary N) is 1. The summed E-state index contributed by atoms with van der Waals surface area (Å²) in [6.07, 6.45) is 7.71. The Balaban J connectivity index is 2.00. The zero-order valence-electron chi connectivity index (χ0n) is 13.2. The number of aryl methyl sites for hydroxylation is 2. The summed E-state index contributed by atoms with van der Waals surface area (Å²) < 4.78 is 5.75. The van der Waals surface area contributed by atoms with Crippen LogP contribution in [-0.2, 0) is 11.2 Å². The van der Waals surface area contributed by atoms with E-state index < -0.39 is 0 Å². The van der Waals surface area contributed by atoms with Gasteiger partial charge in [-0.25, -0.2) is 0 Å². The van der Waals surface area contributed by atoms with Gasteiger partial charge in [0.25, 0.3) is 0 Å². The summed E-state index contributed by atoms with van der Waals surface area (Å²) in [5, 5.41) is 0. The Morgan fingerprint density at radius 3 is 2.45 bits per heavy atom. The first kappa shape index (κ1) is 15.5. The molecule has 1 aliphatic rings. The van der Waals surface area contributed by atoms with Crippen LogP contribution < -0.4 is 5.73 Å². The van der Waals surface area contributed by atoms with Gasteiger partial charge in [-0.15, -0.1) is 0 Å². The summed E-state index contributed by atoms with van der Waals surface area (Å²) in [5.41, 5.74) is 10.5.